The quantitative estimate of drug-likeness (QED) is 0.752. The van der Waals surface area contributed by atoms with Gasteiger partial charge in [-0.2, -0.15) is 0 Å². The lowest BCUT2D eigenvalue weighted by Crippen LogP contribution is -2.47. The zero-order valence-electron chi connectivity index (χ0n) is 18.4. The molecule has 0 bridgehead atoms. The summed E-state index contributed by atoms with van der Waals surface area (Å²) in [5.41, 5.74) is 5.59. The van der Waals surface area contributed by atoms with Gasteiger partial charge in [0.25, 0.3) is 5.91 Å². The van der Waals surface area contributed by atoms with Crippen LogP contribution in [-0.4, -0.2) is 30.9 Å². The molecule has 2 aromatic carbocycles. The SMILES string of the molecule is Cc1cccc(NC(=O)NC2N=C(C3CCCCC3)c3ccccc3N(C)C2=O)c1C. The van der Waals surface area contributed by atoms with Crippen LogP contribution in [0.3, 0.4) is 0 Å². The molecule has 0 aromatic heterocycles. The number of carbonyl (C=O) groups is 2. The molecule has 6 heteroatoms. The Kier molecular flexibility index (Phi) is 6.07. The zero-order valence-corrected chi connectivity index (χ0v) is 18.4. The minimum absolute atomic E-state index is 0.241. The van der Waals surface area contributed by atoms with Gasteiger partial charge in [0.1, 0.15) is 0 Å². The number of nitrogens with zero attached hydrogens (tertiary/aromatic N) is 2. The summed E-state index contributed by atoms with van der Waals surface area (Å²) >= 11 is 0. The number of benzodiazepines with no additional fused rings is 1. The van der Waals surface area contributed by atoms with E-state index in [4.69, 9.17) is 4.99 Å². The van der Waals surface area contributed by atoms with Crippen molar-refractivity contribution in [2.45, 2.75) is 52.1 Å². The van der Waals surface area contributed by atoms with Gasteiger partial charge in [-0.15, -0.1) is 0 Å². The Hall–Kier alpha value is -3.15. The first kappa shape index (κ1) is 21.1. The molecule has 1 atom stereocenters. The summed E-state index contributed by atoms with van der Waals surface area (Å²) < 4.78 is 0. The molecule has 1 aliphatic heterocycles. The summed E-state index contributed by atoms with van der Waals surface area (Å²) in [6, 6.07) is 13.2. The van der Waals surface area contributed by atoms with E-state index in [2.05, 4.69) is 10.6 Å². The molecule has 2 N–H and O–H groups in total. The topological polar surface area (TPSA) is 73.8 Å². The van der Waals surface area contributed by atoms with Crippen LogP contribution in [0.25, 0.3) is 0 Å². The van der Waals surface area contributed by atoms with E-state index < -0.39 is 12.2 Å². The fourth-order valence-corrected chi connectivity index (χ4v) is 4.51. The first-order valence-electron chi connectivity index (χ1n) is 11.0. The lowest BCUT2D eigenvalue weighted by molar-refractivity contribution is -0.119. The fraction of sp³-hybridized carbons (Fsp3) is 0.400. The van der Waals surface area contributed by atoms with Crippen molar-refractivity contribution in [3.63, 3.8) is 0 Å². The van der Waals surface area contributed by atoms with Gasteiger partial charge in [0.05, 0.1) is 11.4 Å². The molecular formula is C25H30N4O2. The predicted octanol–water partition coefficient (Wildman–Crippen LogP) is 4.80. The third-order valence-electron chi connectivity index (χ3n) is 6.49. The highest BCUT2D eigenvalue weighted by Gasteiger charge is 2.33. The predicted molar refractivity (Wildman–Crippen MR) is 125 cm³/mol. The van der Waals surface area contributed by atoms with E-state index in [1.54, 1.807) is 11.9 Å². The van der Waals surface area contributed by atoms with E-state index in [0.717, 1.165) is 46.6 Å². The van der Waals surface area contributed by atoms with Crippen LogP contribution in [0, 0.1) is 19.8 Å². The van der Waals surface area contributed by atoms with E-state index in [-0.39, 0.29) is 5.91 Å². The maximum atomic E-state index is 13.2. The molecule has 2 aliphatic rings. The highest BCUT2D eigenvalue weighted by atomic mass is 16.2. The van der Waals surface area contributed by atoms with Gasteiger partial charge in [-0.25, -0.2) is 4.79 Å². The Morgan fingerprint density at radius 1 is 1.03 bits per heavy atom. The highest BCUT2D eigenvalue weighted by Crippen LogP contribution is 2.33. The number of aliphatic imine (C=N–C) groups is 1. The molecule has 4 rings (SSSR count). The minimum atomic E-state index is -0.959. The van der Waals surface area contributed by atoms with Gasteiger partial charge >= 0.3 is 6.03 Å². The van der Waals surface area contributed by atoms with Crippen molar-refractivity contribution in [2.24, 2.45) is 10.9 Å². The third kappa shape index (κ3) is 4.33. The number of fused-ring (bicyclic) bond motifs is 1. The zero-order chi connectivity index (χ0) is 22.0. The van der Waals surface area contributed by atoms with E-state index in [1.807, 2.05) is 56.3 Å². The number of urea groups is 1. The van der Waals surface area contributed by atoms with E-state index >= 15 is 0 Å². The number of carbonyl (C=O) groups excluding carboxylic acids is 2. The minimum Gasteiger partial charge on any atom is -0.311 e. The summed E-state index contributed by atoms with van der Waals surface area (Å²) in [5, 5.41) is 5.69. The molecule has 3 amide bonds. The smallest absolute Gasteiger partial charge is 0.311 e. The van der Waals surface area contributed by atoms with Crippen LogP contribution in [0.4, 0.5) is 16.2 Å². The molecule has 0 spiro atoms. The monoisotopic (exact) mass is 418 g/mol. The average molecular weight is 419 g/mol. The summed E-state index contributed by atoms with van der Waals surface area (Å²) in [6.45, 7) is 3.96. The van der Waals surface area contributed by atoms with Crippen LogP contribution in [0.5, 0.6) is 0 Å². The number of benzene rings is 2. The van der Waals surface area contributed by atoms with Gasteiger partial charge in [0.15, 0.2) is 0 Å². The molecule has 0 saturated heterocycles. The summed E-state index contributed by atoms with van der Waals surface area (Å²) in [6.07, 6.45) is 4.74. The lowest BCUT2D eigenvalue weighted by atomic mass is 9.83. The van der Waals surface area contributed by atoms with Gasteiger partial charge < -0.3 is 15.5 Å². The Morgan fingerprint density at radius 3 is 2.55 bits per heavy atom. The number of aryl methyl sites for hydroxylation is 1. The normalized spacial score (nSPS) is 19.3. The van der Waals surface area contributed by atoms with Crippen molar-refractivity contribution >= 4 is 29.0 Å². The van der Waals surface area contributed by atoms with Gasteiger partial charge in [-0.1, -0.05) is 49.6 Å². The molecular weight excluding hydrogens is 388 g/mol. The first-order chi connectivity index (χ1) is 15.0. The number of hydrogen-bond donors (Lipinski definition) is 2. The fourth-order valence-electron chi connectivity index (χ4n) is 4.51. The molecule has 31 heavy (non-hydrogen) atoms. The summed E-state index contributed by atoms with van der Waals surface area (Å²) in [4.78, 5) is 32.5. The number of nitrogens with one attached hydrogen (secondary N) is 2. The molecule has 1 unspecified atom stereocenters. The van der Waals surface area contributed by atoms with Gasteiger partial charge in [-0.05, 0) is 49.9 Å². The molecule has 2 aromatic rings. The Balaban J connectivity index is 1.64. The standard InChI is InChI=1S/C25H30N4O2/c1-16-10-9-14-20(17(16)2)26-25(31)28-23-24(30)29(3)21-15-8-7-13-19(21)22(27-23)18-11-5-4-6-12-18/h7-10,13-15,18,23H,4-6,11-12H2,1-3H3,(H2,26,28,31). The first-order valence-corrected chi connectivity index (χ1v) is 11.0. The molecule has 162 valence electrons. The maximum absolute atomic E-state index is 13.2. The second-order valence-corrected chi connectivity index (χ2v) is 8.51. The number of rotatable bonds is 3. The Bertz CT molecular complexity index is 1020. The molecule has 1 fully saturated rings. The van der Waals surface area contributed by atoms with E-state index in [1.165, 1.54) is 19.3 Å². The average Bonchev–Trinajstić information content (AvgIpc) is 2.88. The van der Waals surface area contributed by atoms with Gasteiger partial charge in [0.2, 0.25) is 6.17 Å². The molecule has 0 radical (unpaired) electrons. The van der Waals surface area contributed by atoms with E-state index in [0.29, 0.717) is 5.92 Å². The number of likely N-dealkylation sites (N-methyl/N-ethyl adjacent to an activating group) is 1. The second kappa shape index (κ2) is 8.92. The van der Waals surface area contributed by atoms with Crippen LogP contribution >= 0.6 is 0 Å². The maximum Gasteiger partial charge on any atom is 0.321 e. The molecule has 6 nitrogen and oxygen atoms in total. The van der Waals surface area contributed by atoms with Crippen LogP contribution in [0.2, 0.25) is 0 Å². The van der Waals surface area contributed by atoms with Crippen molar-refractivity contribution < 1.29 is 9.59 Å². The van der Waals surface area contributed by atoms with Crippen LogP contribution in [-0.2, 0) is 4.79 Å². The number of amides is 3. The second-order valence-electron chi connectivity index (χ2n) is 8.51. The number of hydrogen-bond acceptors (Lipinski definition) is 3. The van der Waals surface area contributed by atoms with Gasteiger partial charge in [0, 0.05) is 24.2 Å². The highest BCUT2D eigenvalue weighted by molar-refractivity contribution is 6.14. The molecule has 1 saturated carbocycles. The van der Waals surface area contributed by atoms with Crippen LogP contribution in [0.15, 0.2) is 47.5 Å². The van der Waals surface area contributed by atoms with E-state index in [9.17, 15) is 9.59 Å². The van der Waals surface area contributed by atoms with Gasteiger partial charge in [-0.3, -0.25) is 9.79 Å². The third-order valence-corrected chi connectivity index (χ3v) is 6.49. The summed E-state index contributed by atoms with van der Waals surface area (Å²) in [7, 11) is 1.75. The lowest BCUT2D eigenvalue weighted by Gasteiger charge is -2.25. The number of anilines is 2. The summed E-state index contributed by atoms with van der Waals surface area (Å²) in [5.74, 6) is 0.0648. The van der Waals surface area contributed by atoms with Crippen molar-refractivity contribution in [2.75, 3.05) is 17.3 Å². The molecule has 1 heterocycles. The number of para-hydroxylation sites is 1. The largest absolute Gasteiger partial charge is 0.321 e. The Labute approximate surface area is 183 Å². The van der Waals surface area contributed by atoms with Crippen LogP contribution < -0.4 is 15.5 Å². The van der Waals surface area contributed by atoms with Crippen LogP contribution in [0.1, 0.15) is 48.8 Å². The Morgan fingerprint density at radius 2 is 1.77 bits per heavy atom. The van der Waals surface area contributed by atoms with Crippen molar-refractivity contribution in [3.8, 4) is 0 Å². The van der Waals surface area contributed by atoms with Crippen molar-refractivity contribution in [3.05, 3.63) is 59.2 Å². The molecule has 1 aliphatic carbocycles. The van der Waals surface area contributed by atoms with Crippen molar-refractivity contribution in [1.29, 1.82) is 0 Å². The van der Waals surface area contributed by atoms with Crippen molar-refractivity contribution in [1.82, 2.24) is 5.32 Å².